The standard InChI is InChI=1S/C24H25NO4/c1-5-6-11-28-17-9-7-16(8-10-17)21-20-22(26)18-12-14(2)15(3)13-19(18)29-23(20)24(27)25(21)4/h7-10,12-13,21H,5-6,11H2,1-4H3. The van der Waals surface area contributed by atoms with Crippen molar-refractivity contribution in [2.75, 3.05) is 13.7 Å². The van der Waals surface area contributed by atoms with Crippen LogP contribution < -0.4 is 10.2 Å². The van der Waals surface area contributed by atoms with E-state index in [1.54, 1.807) is 11.9 Å². The average molecular weight is 391 g/mol. The summed E-state index contributed by atoms with van der Waals surface area (Å²) in [5.74, 6) is 0.651. The fraction of sp³-hybridized carbons (Fsp3) is 0.333. The Kier molecular flexibility index (Phi) is 4.91. The molecule has 2 heterocycles. The zero-order valence-electron chi connectivity index (χ0n) is 17.2. The molecule has 0 saturated heterocycles. The summed E-state index contributed by atoms with van der Waals surface area (Å²) in [6, 6.07) is 10.8. The van der Waals surface area contributed by atoms with Crippen molar-refractivity contribution in [2.24, 2.45) is 0 Å². The second-order valence-corrected chi connectivity index (χ2v) is 7.70. The molecule has 0 aliphatic carbocycles. The molecule has 29 heavy (non-hydrogen) atoms. The monoisotopic (exact) mass is 391 g/mol. The quantitative estimate of drug-likeness (QED) is 0.588. The van der Waals surface area contributed by atoms with Crippen LogP contribution in [-0.2, 0) is 0 Å². The summed E-state index contributed by atoms with van der Waals surface area (Å²) in [5, 5.41) is 0.513. The average Bonchev–Trinajstić information content (AvgIpc) is 2.96. The molecular weight excluding hydrogens is 366 g/mol. The van der Waals surface area contributed by atoms with Gasteiger partial charge in [-0.1, -0.05) is 25.5 Å². The summed E-state index contributed by atoms with van der Waals surface area (Å²) in [6.07, 6.45) is 2.08. The van der Waals surface area contributed by atoms with Gasteiger partial charge >= 0.3 is 0 Å². The van der Waals surface area contributed by atoms with E-state index in [0.29, 0.717) is 23.1 Å². The molecule has 1 aliphatic rings. The molecule has 1 amide bonds. The minimum Gasteiger partial charge on any atom is -0.494 e. The van der Waals surface area contributed by atoms with Crippen molar-refractivity contribution >= 4 is 16.9 Å². The molecule has 0 spiro atoms. The summed E-state index contributed by atoms with van der Waals surface area (Å²) in [6.45, 7) is 6.72. The maximum atomic E-state index is 13.3. The number of carbonyl (C=O) groups excluding carboxylic acids is 1. The van der Waals surface area contributed by atoms with Gasteiger partial charge < -0.3 is 14.1 Å². The maximum Gasteiger partial charge on any atom is 0.290 e. The van der Waals surface area contributed by atoms with E-state index >= 15 is 0 Å². The number of hydrogen-bond donors (Lipinski definition) is 0. The van der Waals surface area contributed by atoms with Crippen LogP contribution in [0.25, 0.3) is 11.0 Å². The highest BCUT2D eigenvalue weighted by Gasteiger charge is 2.40. The summed E-state index contributed by atoms with van der Waals surface area (Å²) in [7, 11) is 1.70. The van der Waals surface area contributed by atoms with Crippen LogP contribution in [0, 0.1) is 13.8 Å². The minimum absolute atomic E-state index is 0.140. The smallest absolute Gasteiger partial charge is 0.290 e. The fourth-order valence-electron chi connectivity index (χ4n) is 3.81. The lowest BCUT2D eigenvalue weighted by molar-refractivity contribution is 0.0771. The molecule has 1 unspecified atom stereocenters. The van der Waals surface area contributed by atoms with E-state index < -0.39 is 6.04 Å². The Balaban J connectivity index is 1.79. The minimum atomic E-state index is -0.468. The van der Waals surface area contributed by atoms with Gasteiger partial charge in [-0.15, -0.1) is 0 Å². The molecule has 0 saturated carbocycles. The summed E-state index contributed by atoms with van der Waals surface area (Å²) < 4.78 is 11.7. The Morgan fingerprint density at radius 2 is 1.76 bits per heavy atom. The molecule has 2 aromatic carbocycles. The highest BCUT2D eigenvalue weighted by atomic mass is 16.5. The molecular formula is C24H25NO4. The first-order valence-corrected chi connectivity index (χ1v) is 10.00. The normalized spacial score (nSPS) is 15.8. The predicted molar refractivity (Wildman–Crippen MR) is 113 cm³/mol. The Labute approximate surface area is 169 Å². The summed E-state index contributed by atoms with van der Waals surface area (Å²) in [5.41, 5.74) is 3.63. The van der Waals surface area contributed by atoms with Gasteiger partial charge in [-0.25, -0.2) is 0 Å². The third-order valence-electron chi connectivity index (χ3n) is 5.68. The second kappa shape index (κ2) is 7.39. The van der Waals surface area contributed by atoms with E-state index in [4.69, 9.17) is 9.15 Å². The molecule has 3 aromatic rings. The van der Waals surface area contributed by atoms with Gasteiger partial charge in [0.25, 0.3) is 5.91 Å². The van der Waals surface area contributed by atoms with Gasteiger partial charge in [-0.3, -0.25) is 9.59 Å². The van der Waals surface area contributed by atoms with Gasteiger partial charge in [0.05, 0.1) is 23.6 Å². The van der Waals surface area contributed by atoms with Crippen molar-refractivity contribution in [1.82, 2.24) is 4.90 Å². The highest BCUT2D eigenvalue weighted by Crippen LogP contribution is 2.37. The zero-order valence-corrected chi connectivity index (χ0v) is 17.2. The number of nitrogens with zero attached hydrogens (tertiary/aromatic N) is 1. The Hall–Kier alpha value is -3.08. The molecule has 1 aromatic heterocycles. The van der Waals surface area contributed by atoms with Crippen LogP contribution in [0.2, 0.25) is 0 Å². The van der Waals surface area contributed by atoms with Crippen molar-refractivity contribution in [3.63, 3.8) is 0 Å². The van der Waals surface area contributed by atoms with Gasteiger partial charge in [-0.05, 0) is 61.2 Å². The van der Waals surface area contributed by atoms with Gasteiger partial charge in [0, 0.05) is 7.05 Å². The molecule has 0 bridgehead atoms. The summed E-state index contributed by atoms with van der Waals surface area (Å²) in [4.78, 5) is 27.7. The van der Waals surface area contributed by atoms with Crippen LogP contribution in [0.3, 0.4) is 0 Å². The van der Waals surface area contributed by atoms with Gasteiger partial charge in [0.1, 0.15) is 11.3 Å². The van der Waals surface area contributed by atoms with Crippen LogP contribution >= 0.6 is 0 Å². The fourth-order valence-corrected chi connectivity index (χ4v) is 3.81. The van der Waals surface area contributed by atoms with Crippen LogP contribution in [0.1, 0.15) is 58.6 Å². The van der Waals surface area contributed by atoms with E-state index in [9.17, 15) is 9.59 Å². The third kappa shape index (κ3) is 3.20. The SMILES string of the molecule is CCCCOc1ccc(C2c3c(oc4cc(C)c(C)cc4c3=O)C(=O)N2C)cc1. The number of rotatable bonds is 5. The lowest BCUT2D eigenvalue weighted by atomic mass is 9.97. The number of benzene rings is 2. The number of hydrogen-bond acceptors (Lipinski definition) is 4. The molecule has 0 fully saturated rings. The Morgan fingerprint density at radius 3 is 2.45 bits per heavy atom. The van der Waals surface area contributed by atoms with Crippen LogP contribution in [-0.4, -0.2) is 24.5 Å². The molecule has 150 valence electrons. The first-order chi connectivity index (χ1) is 13.9. The van der Waals surface area contributed by atoms with Crippen LogP contribution in [0.15, 0.2) is 45.6 Å². The highest BCUT2D eigenvalue weighted by molar-refractivity contribution is 5.99. The van der Waals surface area contributed by atoms with Crippen LogP contribution in [0.5, 0.6) is 5.75 Å². The first-order valence-electron chi connectivity index (χ1n) is 10.00. The number of ether oxygens (including phenoxy) is 1. The molecule has 1 atom stereocenters. The van der Waals surface area contributed by atoms with Crippen molar-refractivity contribution in [3.8, 4) is 5.75 Å². The topological polar surface area (TPSA) is 59.8 Å². The number of carbonyl (C=O) groups is 1. The molecule has 0 radical (unpaired) electrons. The van der Waals surface area contributed by atoms with Crippen molar-refractivity contribution in [3.05, 3.63) is 74.6 Å². The third-order valence-corrected chi connectivity index (χ3v) is 5.68. The largest absolute Gasteiger partial charge is 0.494 e. The maximum absolute atomic E-state index is 13.3. The lowest BCUT2D eigenvalue weighted by Crippen LogP contribution is -2.25. The molecule has 1 aliphatic heterocycles. The van der Waals surface area contributed by atoms with Gasteiger partial charge in [0.15, 0.2) is 5.43 Å². The second-order valence-electron chi connectivity index (χ2n) is 7.70. The molecule has 5 heteroatoms. The number of aryl methyl sites for hydroxylation is 2. The van der Waals surface area contributed by atoms with Gasteiger partial charge in [0.2, 0.25) is 5.76 Å². The first kappa shape index (κ1) is 19.2. The zero-order chi connectivity index (χ0) is 20.7. The van der Waals surface area contributed by atoms with Gasteiger partial charge in [-0.2, -0.15) is 0 Å². The van der Waals surface area contributed by atoms with E-state index in [0.717, 1.165) is 35.3 Å². The van der Waals surface area contributed by atoms with Crippen molar-refractivity contribution in [2.45, 2.75) is 39.7 Å². The number of unbranched alkanes of at least 4 members (excludes halogenated alkanes) is 1. The van der Waals surface area contributed by atoms with E-state index in [1.165, 1.54) is 0 Å². The van der Waals surface area contributed by atoms with Crippen LogP contribution in [0.4, 0.5) is 0 Å². The predicted octanol–water partition coefficient (Wildman–Crippen LogP) is 4.76. The van der Waals surface area contributed by atoms with Crippen molar-refractivity contribution in [1.29, 1.82) is 0 Å². The molecule has 5 nitrogen and oxygen atoms in total. The van der Waals surface area contributed by atoms with E-state index in [1.807, 2.05) is 50.2 Å². The van der Waals surface area contributed by atoms with E-state index in [2.05, 4.69) is 6.92 Å². The Morgan fingerprint density at radius 1 is 1.07 bits per heavy atom. The molecule has 4 rings (SSSR count). The van der Waals surface area contributed by atoms with Crippen molar-refractivity contribution < 1.29 is 13.9 Å². The number of fused-ring (bicyclic) bond motifs is 2. The van der Waals surface area contributed by atoms with E-state index in [-0.39, 0.29) is 17.1 Å². The molecule has 0 N–H and O–H groups in total. The Bertz CT molecular complexity index is 1140. The lowest BCUT2D eigenvalue weighted by Gasteiger charge is -2.20. The number of amides is 1. The summed E-state index contributed by atoms with van der Waals surface area (Å²) >= 11 is 0.